The van der Waals surface area contributed by atoms with Crippen molar-refractivity contribution in [3.05, 3.63) is 0 Å². The average Bonchev–Trinajstić information content (AvgIpc) is 1.81. The van der Waals surface area contributed by atoms with Crippen molar-refractivity contribution in [3.8, 4) is 0 Å². The highest BCUT2D eigenvalue weighted by molar-refractivity contribution is 4.23. The third kappa shape index (κ3) is 5.84. The van der Waals surface area contributed by atoms with Crippen LogP contribution in [0.5, 0.6) is 0 Å². The number of rotatable bonds is 5. The second-order valence-corrected chi connectivity index (χ2v) is 1.15. The number of nitrogens with two attached hydrogens (primary N) is 2. The maximum Gasteiger partial charge on any atom is 0.0941 e. The highest BCUT2D eigenvalue weighted by Gasteiger charge is 1.81. The lowest BCUT2D eigenvalue weighted by molar-refractivity contribution is 0.0529. The number of ether oxygens (including phenoxy) is 2. The van der Waals surface area contributed by atoms with E-state index in [1.165, 1.54) is 0 Å². The molecular weight excluding hydrogens is 108 g/mol. The fourth-order valence-corrected chi connectivity index (χ4v) is 0.285. The molecule has 0 unspecified atom stereocenters. The molecule has 50 valence electrons. The van der Waals surface area contributed by atoms with Crippen molar-refractivity contribution in [2.75, 3.05) is 26.7 Å². The van der Waals surface area contributed by atoms with E-state index in [0.29, 0.717) is 13.2 Å². The highest BCUT2D eigenvalue weighted by Crippen LogP contribution is 1.70. The van der Waals surface area contributed by atoms with E-state index in [4.69, 9.17) is 20.9 Å². The monoisotopic (exact) mass is 120 g/mol. The van der Waals surface area contributed by atoms with E-state index in [0.717, 1.165) is 0 Å². The average molecular weight is 120 g/mol. The van der Waals surface area contributed by atoms with Crippen molar-refractivity contribution in [1.82, 2.24) is 0 Å². The lowest BCUT2D eigenvalue weighted by atomic mass is 10.8. The molecule has 4 N–H and O–H groups in total. The summed E-state index contributed by atoms with van der Waals surface area (Å²) in [5, 5.41) is 0. The summed E-state index contributed by atoms with van der Waals surface area (Å²) in [6.45, 7) is 1.53. The van der Waals surface area contributed by atoms with Crippen molar-refractivity contribution in [3.63, 3.8) is 0 Å². The van der Waals surface area contributed by atoms with Gasteiger partial charge < -0.3 is 20.9 Å². The van der Waals surface area contributed by atoms with Gasteiger partial charge in [-0.3, -0.25) is 0 Å². The summed E-state index contributed by atoms with van der Waals surface area (Å²) >= 11 is 0. The predicted molar refractivity (Wildman–Crippen MR) is 30.0 cm³/mol. The van der Waals surface area contributed by atoms with E-state index in [9.17, 15) is 0 Å². The molecule has 0 rings (SSSR count). The fraction of sp³-hybridized carbons (Fsp3) is 1.00. The maximum atomic E-state index is 5.00. The summed E-state index contributed by atoms with van der Waals surface area (Å²) < 4.78 is 9.47. The molecule has 0 aromatic rings. The first-order valence-electron chi connectivity index (χ1n) is 2.47. The van der Waals surface area contributed by atoms with E-state index >= 15 is 0 Å². The van der Waals surface area contributed by atoms with Gasteiger partial charge in [0.2, 0.25) is 0 Å². The summed E-state index contributed by atoms with van der Waals surface area (Å²) in [5.74, 6) is 0. The molecule has 0 amide bonds. The molecule has 0 atom stereocenters. The molecule has 0 aliphatic carbocycles. The second kappa shape index (κ2) is 6.84. The van der Waals surface area contributed by atoms with Crippen LogP contribution in [-0.2, 0) is 9.47 Å². The molecule has 0 radical (unpaired) electrons. The minimum absolute atomic E-state index is 0.244. The van der Waals surface area contributed by atoms with E-state index in [1.807, 2.05) is 0 Å². The maximum absolute atomic E-state index is 5.00. The Labute approximate surface area is 48.7 Å². The van der Waals surface area contributed by atoms with Crippen LogP contribution in [0.4, 0.5) is 0 Å². The Hall–Kier alpha value is -0.160. The van der Waals surface area contributed by atoms with Crippen LogP contribution in [0.2, 0.25) is 0 Å². The van der Waals surface area contributed by atoms with Gasteiger partial charge in [0.25, 0.3) is 0 Å². The van der Waals surface area contributed by atoms with Crippen LogP contribution in [0.15, 0.2) is 0 Å². The van der Waals surface area contributed by atoms with Crippen LogP contribution in [0.3, 0.4) is 0 Å². The molecule has 0 saturated carbocycles. The SMILES string of the molecule is NCOCCOCN. The van der Waals surface area contributed by atoms with Crippen LogP contribution < -0.4 is 11.5 Å². The molecule has 0 bridgehead atoms. The lowest BCUT2D eigenvalue weighted by Gasteiger charge is -1.98. The quantitative estimate of drug-likeness (QED) is 0.355. The van der Waals surface area contributed by atoms with Gasteiger partial charge >= 0.3 is 0 Å². The number of hydrogen-bond acceptors (Lipinski definition) is 4. The van der Waals surface area contributed by atoms with E-state index in [2.05, 4.69) is 0 Å². The first-order valence-corrected chi connectivity index (χ1v) is 2.47. The van der Waals surface area contributed by atoms with Gasteiger partial charge in [0, 0.05) is 0 Å². The first kappa shape index (κ1) is 7.84. The molecule has 0 aliphatic heterocycles. The third-order valence-corrected chi connectivity index (χ3v) is 0.608. The Bertz CT molecular complexity index is 37.0. The number of hydrogen-bond donors (Lipinski definition) is 2. The molecule has 0 saturated heterocycles. The zero-order chi connectivity index (χ0) is 6.24. The summed E-state index contributed by atoms with van der Waals surface area (Å²) in [4.78, 5) is 0. The summed E-state index contributed by atoms with van der Waals surface area (Å²) in [5.41, 5.74) is 10.0. The predicted octanol–water partition coefficient (Wildman–Crippen LogP) is -1.15. The minimum atomic E-state index is 0.244. The Kier molecular flexibility index (Phi) is 6.70. The summed E-state index contributed by atoms with van der Waals surface area (Å²) in [7, 11) is 0. The van der Waals surface area contributed by atoms with Gasteiger partial charge in [-0.25, -0.2) is 0 Å². The van der Waals surface area contributed by atoms with Gasteiger partial charge in [0.1, 0.15) is 0 Å². The van der Waals surface area contributed by atoms with Gasteiger partial charge in [-0.15, -0.1) is 0 Å². The highest BCUT2D eigenvalue weighted by atomic mass is 16.5. The molecule has 0 aromatic carbocycles. The zero-order valence-electron chi connectivity index (χ0n) is 4.80. The second-order valence-electron chi connectivity index (χ2n) is 1.15. The smallest absolute Gasteiger partial charge is 0.0941 e. The van der Waals surface area contributed by atoms with Crippen molar-refractivity contribution in [2.24, 2.45) is 11.5 Å². The molecule has 0 aromatic heterocycles. The molecule has 4 heteroatoms. The van der Waals surface area contributed by atoms with Crippen LogP contribution >= 0.6 is 0 Å². The molecule has 0 spiro atoms. The van der Waals surface area contributed by atoms with Gasteiger partial charge in [-0.2, -0.15) is 0 Å². The van der Waals surface area contributed by atoms with Crippen molar-refractivity contribution >= 4 is 0 Å². The van der Waals surface area contributed by atoms with E-state index in [1.54, 1.807) is 0 Å². The molecular formula is C4H12N2O2. The third-order valence-electron chi connectivity index (χ3n) is 0.608. The molecule has 0 aliphatic rings. The molecule has 0 heterocycles. The van der Waals surface area contributed by atoms with Crippen molar-refractivity contribution in [2.45, 2.75) is 0 Å². The Morgan fingerprint density at radius 2 is 1.25 bits per heavy atom. The van der Waals surface area contributed by atoms with Crippen LogP contribution in [0.25, 0.3) is 0 Å². The lowest BCUT2D eigenvalue weighted by Crippen LogP contribution is -2.13. The zero-order valence-corrected chi connectivity index (χ0v) is 4.80. The van der Waals surface area contributed by atoms with Crippen molar-refractivity contribution in [1.29, 1.82) is 0 Å². The van der Waals surface area contributed by atoms with E-state index < -0.39 is 0 Å². The van der Waals surface area contributed by atoms with Gasteiger partial charge in [-0.05, 0) is 0 Å². The Morgan fingerprint density at radius 1 is 0.875 bits per heavy atom. The molecule has 0 fully saturated rings. The van der Waals surface area contributed by atoms with Gasteiger partial charge in [-0.1, -0.05) is 0 Å². The summed E-state index contributed by atoms with van der Waals surface area (Å²) in [6.07, 6.45) is 0. The topological polar surface area (TPSA) is 70.5 Å². The normalized spacial score (nSPS) is 9.75. The molecule has 8 heavy (non-hydrogen) atoms. The van der Waals surface area contributed by atoms with E-state index in [-0.39, 0.29) is 13.5 Å². The van der Waals surface area contributed by atoms with Crippen LogP contribution in [-0.4, -0.2) is 26.7 Å². The Morgan fingerprint density at radius 3 is 1.50 bits per heavy atom. The fourth-order valence-electron chi connectivity index (χ4n) is 0.285. The molecule has 4 nitrogen and oxygen atoms in total. The van der Waals surface area contributed by atoms with Crippen molar-refractivity contribution < 1.29 is 9.47 Å². The Balaban J connectivity index is 2.53. The first-order chi connectivity index (χ1) is 3.91. The standard InChI is InChI=1S/C4H12N2O2/c5-3-7-1-2-8-4-6/h1-6H2. The van der Waals surface area contributed by atoms with Crippen LogP contribution in [0.1, 0.15) is 0 Å². The van der Waals surface area contributed by atoms with Crippen LogP contribution in [0, 0.1) is 0 Å². The summed E-state index contributed by atoms with van der Waals surface area (Å²) in [6, 6.07) is 0. The van der Waals surface area contributed by atoms with Gasteiger partial charge in [0.05, 0.1) is 26.7 Å². The minimum Gasteiger partial charge on any atom is -0.364 e. The largest absolute Gasteiger partial charge is 0.364 e. The van der Waals surface area contributed by atoms with Gasteiger partial charge in [0.15, 0.2) is 0 Å².